The fourth-order valence-electron chi connectivity index (χ4n) is 8.99. The third kappa shape index (κ3) is 6.71. The van der Waals surface area contributed by atoms with Gasteiger partial charge < -0.3 is 19.4 Å². The number of aromatic nitrogens is 5. The third-order valence-corrected chi connectivity index (χ3v) is 12.5. The van der Waals surface area contributed by atoms with Crippen LogP contribution in [-0.2, 0) is 16.1 Å². The second-order valence-corrected chi connectivity index (χ2v) is 16.5. The first kappa shape index (κ1) is 34.5. The molecule has 1 saturated carbocycles. The van der Waals surface area contributed by atoms with E-state index < -0.39 is 6.04 Å². The van der Waals surface area contributed by atoms with Crippen LogP contribution in [-0.4, -0.2) is 97.3 Å². The molecule has 0 spiro atoms. The number of nitrogens with one attached hydrogen (secondary N) is 1. The molecule has 1 atom stereocenters. The number of halogens is 1. The molecule has 14 heteroatoms. The van der Waals surface area contributed by atoms with E-state index >= 15 is 0 Å². The highest BCUT2D eigenvalue weighted by molar-refractivity contribution is 6.30. The summed E-state index contributed by atoms with van der Waals surface area (Å²) in [5.41, 5.74) is 6.33. The number of carbonyl (C=O) groups is 3. The number of piperidine rings is 3. The lowest BCUT2D eigenvalue weighted by atomic mass is 9.94. The zero-order chi connectivity index (χ0) is 37.2. The molecule has 13 nitrogen and oxygen atoms in total. The van der Waals surface area contributed by atoms with E-state index in [4.69, 9.17) is 21.4 Å². The zero-order valence-electron chi connectivity index (χ0n) is 30.7. The summed E-state index contributed by atoms with van der Waals surface area (Å²) in [4.78, 5) is 48.5. The maximum atomic E-state index is 13.2. The van der Waals surface area contributed by atoms with Crippen molar-refractivity contribution in [3.05, 3.63) is 71.3 Å². The molecule has 2 aromatic carbocycles. The van der Waals surface area contributed by atoms with Gasteiger partial charge in [-0.15, -0.1) is 0 Å². The van der Waals surface area contributed by atoms with Gasteiger partial charge in [-0.3, -0.25) is 24.4 Å². The van der Waals surface area contributed by atoms with Crippen LogP contribution < -0.4 is 15.0 Å². The molecule has 1 unspecified atom stereocenters. The largest absolute Gasteiger partial charge is 0.493 e. The number of nitrogens with zero attached hydrogens (tertiary/aromatic N) is 8. The lowest BCUT2D eigenvalue weighted by molar-refractivity contribution is -0.136. The summed E-state index contributed by atoms with van der Waals surface area (Å²) < 4.78 is 10.3. The van der Waals surface area contributed by atoms with Crippen molar-refractivity contribution in [1.82, 2.24) is 39.5 Å². The molecule has 5 aromatic rings. The third-order valence-electron chi connectivity index (χ3n) is 12.3. The Balaban J connectivity index is 0.755. The van der Waals surface area contributed by atoms with Gasteiger partial charge in [0.1, 0.15) is 11.8 Å². The van der Waals surface area contributed by atoms with E-state index in [9.17, 15) is 14.4 Å². The minimum atomic E-state index is -0.590. The Hall–Kier alpha value is -5.01. The van der Waals surface area contributed by atoms with E-state index in [1.54, 1.807) is 21.8 Å². The quantitative estimate of drug-likeness (QED) is 0.194. The van der Waals surface area contributed by atoms with Crippen LogP contribution in [0.5, 0.6) is 5.75 Å². The molecule has 3 aromatic heterocycles. The van der Waals surface area contributed by atoms with Crippen molar-refractivity contribution in [3.63, 3.8) is 0 Å². The maximum absolute atomic E-state index is 13.2. The van der Waals surface area contributed by atoms with Crippen molar-refractivity contribution >= 4 is 51.6 Å². The standard InChI is InChI=1S/C41H44ClN9O4/c42-29-18-43-39-34(19-44-51(39)23-29)33-16-28-22-50(46-35(28)17-37(33)55-24-26-1-2-26)30-9-11-47(12-10-30)20-25-7-13-48(14-8-25)31-3-4-32-27(15-31)21-49(41(32)54)36-5-6-38(52)45-40(36)53/h3-4,15-19,22-23,25-26,30,36H,1-2,5-14,20-21,24H2,(H,45,52,53). The number of likely N-dealkylation sites (tertiary alicyclic amines) is 1. The maximum Gasteiger partial charge on any atom is 0.255 e. The predicted octanol–water partition coefficient (Wildman–Crippen LogP) is 5.50. The van der Waals surface area contributed by atoms with Crippen LogP contribution in [0.4, 0.5) is 5.69 Å². The minimum absolute atomic E-state index is 0.125. The summed E-state index contributed by atoms with van der Waals surface area (Å²) in [6.45, 7) is 6.31. The zero-order valence-corrected chi connectivity index (χ0v) is 31.5. The van der Waals surface area contributed by atoms with Crippen molar-refractivity contribution < 1.29 is 19.1 Å². The predicted molar refractivity (Wildman–Crippen MR) is 207 cm³/mol. The molecule has 55 heavy (non-hydrogen) atoms. The first-order chi connectivity index (χ1) is 26.8. The van der Waals surface area contributed by atoms with Gasteiger partial charge in [0, 0.05) is 86.3 Å². The number of rotatable bonds is 9. The van der Waals surface area contributed by atoms with E-state index in [1.807, 2.05) is 18.3 Å². The number of anilines is 1. The number of imide groups is 1. The Kier molecular flexibility index (Phi) is 8.73. The van der Waals surface area contributed by atoms with Crippen LogP contribution in [0.15, 0.2) is 55.1 Å². The van der Waals surface area contributed by atoms with Gasteiger partial charge in [0.05, 0.1) is 41.1 Å². The van der Waals surface area contributed by atoms with Gasteiger partial charge in [-0.05, 0) is 86.6 Å². The summed E-state index contributed by atoms with van der Waals surface area (Å²) in [5.74, 6) is 1.33. The van der Waals surface area contributed by atoms with E-state index in [1.165, 1.54) is 12.8 Å². The van der Waals surface area contributed by atoms with Gasteiger partial charge in [-0.25, -0.2) is 9.50 Å². The highest BCUT2D eigenvalue weighted by Gasteiger charge is 2.39. The Labute approximate surface area is 323 Å². The molecule has 3 amide bonds. The smallest absolute Gasteiger partial charge is 0.255 e. The lowest BCUT2D eigenvalue weighted by Crippen LogP contribution is -2.52. The molecular formula is C41H44ClN9O4. The van der Waals surface area contributed by atoms with Crippen molar-refractivity contribution in [2.24, 2.45) is 11.8 Å². The highest BCUT2D eigenvalue weighted by atomic mass is 35.5. The number of carbonyl (C=O) groups excluding carboxylic acids is 3. The molecule has 10 rings (SSSR count). The van der Waals surface area contributed by atoms with Gasteiger partial charge in [-0.2, -0.15) is 10.2 Å². The second kappa shape index (κ2) is 13.9. The van der Waals surface area contributed by atoms with Gasteiger partial charge >= 0.3 is 0 Å². The molecule has 7 heterocycles. The van der Waals surface area contributed by atoms with Crippen molar-refractivity contribution in [1.29, 1.82) is 0 Å². The lowest BCUT2D eigenvalue weighted by Gasteiger charge is -2.38. The van der Waals surface area contributed by atoms with Crippen LogP contribution in [0.2, 0.25) is 5.02 Å². The number of hydrogen-bond donors (Lipinski definition) is 1. The van der Waals surface area contributed by atoms with Crippen LogP contribution in [0.1, 0.15) is 73.3 Å². The van der Waals surface area contributed by atoms with Crippen molar-refractivity contribution in [2.45, 2.75) is 70.0 Å². The average molecular weight is 762 g/mol. The van der Waals surface area contributed by atoms with Crippen LogP contribution >= 0.6 is 11.6 Å². The van der Waals surface area contributed by atoms with Gasteiger partial charge in [-0.1, -0.05) is 11.6 Å². The second-order valence-electron chi connectivity index (χ2n) is 16.1. The van der Waals surface area contributed by atoms with Gasteiger partial charge in [0.25, 0.3) is 5.91 Å². The molecule has 4 aliphatic heterocycles. The molecule has 0 radical (unpaired) electrons. The number of ether oxygens (including phenoxy) is 1. The summed E-state index contributed by atoms with van der Waals surface area (Å²) in [7, 11) is 0. The van der Waals surface area contributed by atoms with Crippen LogP contribution in [0, 0.1) is 11.8 Å². The van der Waals surface area contributed by atoms with E-state index in [2.05, 4.69) is 54.3 Å². The van der Waals surface area contributed by atoms with Crippen LogP contribution in [0.3, 0.4) is 0 Å². The summed E-state index contributed by atoms with van der Waals surface area (Å²) in [6, 6.07) is 10.1. The number of fused-ring (bicyclic) bond motifs is 3. The Morgan fingerprint density at radius 3 is 2.49 bits per heavy atom. The first-order valence-electron chi connectivity index (χ1n) is 19.7. The summed E-state index contributed by atoms with van der Waals surface area (Å²) in [5, 5.41) is 13.6. The molecule has 3 saturated heterocycles. The Morgan fingerprint density at radius 1 is 0.855 bits per heavy atom. The van der Waals surface area contributed by atoms with Crippen molar-refractivity contribution in [3.8, 4) is 16.9 Å². The molecule has 1 aliphatic carbocycles. The first-order valence-corrected chi connectivity index (χ1v) is 20.1. The van der Waals surface area contributed by atoms with E-state index in [0.717, 1.165) is 103 Å². The molecule has 284 valence electrons. The molecular weight excluding hydrogens is 718 g/mol. The number of benzene rings is 2. The number of hydrogen-bond acceptors (Lipinski definition) is 9. The van der Waals surface area contributed by atoms with E-state index in [0.29, 0.717) is 48.0 Å². The molecule has 4 fully saturated rings. The summed E-state index contributed by atoms with van der Waals surface area (Å²) >= 11 is 6.19. The topological polar surface area (TPSA) is 130 Å². The molecule has 5 aliphatic rings. The fourth-order valence-corrected chi connectivity index (χ4v) is 9.13. The average Bonchev–Trinajstić information content (AvgIpc) is 3.64. The fraction of sp³-hybridized carbons (Fsp3) is 0.463. The monoisotopic (exact) mass is 761 g/mol. The molecule has 0 bridgehead atoms. The highest BCUT2D eigenvalue weighted by Crippen LogP contribution is 2.39. The van der Waals surface area contributed by atoms with Gasteiger partial charge in [0.2, 0.25) is 11.8 Å². The Morgan fingerprint density at radius 2 is 1.69 bits per heavy atom. The SMILES string of the molecule is O=C1CCC(N2Cc3cc(N4CCC(CN5CCC(n6cc7cc(-c8cnn9cc(Cl)cnc89)c(OCC8CC8)cc7n6)CC5)CC4)ccc3C2=O)C(=O)N1. The molecule has 1 N–H and O–H groups in total. The van der Waals surface area contributed by atoms with Crippen molar-refractivity contribution in [2.75, 3.05) is 44.2 Å². The summed E-state index contributed by atoms with van der Waals surface area (Å²) in [6.07, 6.45) is 14.9. The van der Waals surface area contributed by atoms with E-state index in [-0.39, 0.29) is 24.1 Å². The van der Waals surface area contributed by atoms with Crippen LogP contribution in [0.25, 0.3) is 27.7 Å². The van der Waals surface area contributed by atoms with Gasteiger partial charge in [0.15, 0.2) is 5.65 Å². The normalized spacial score (nSPS) is 21.5. The minimum Gasteiger partial charge on any atom is -0.493 e. The number of amides is 3. The Bertz CT molecular complexity index is 2320.